The summed E-state index contributed by atoms with van der Waals surface area (Å²) in [6.07, 6.45) is 3.13. The summed E-state index contributed by atoms with van der Waals surface area (Å²) in [5, 5.41) is 0.158. The molecule has 0 aromatic rings. The average Bonchev–Trinajstić information content (AvgIpc) is 2.85. The molecule has 1 heterocycles. The van der Waals surface area contributed by atoms with Gasteiger partial charge in [0.15, 0.2) is 8.32 Å². The highest BCUT2D eigenvalue weighted by molar-refractivity contribution is 6.74. The summed E-state index contributed by atoms with van der Waals surface area (Å²) in [6.45, 7) is 16.0. The molecule has 0 spiro atoms. The fourth-order valence-corrected chi connectivity index (χ4v) is 3.55. The number of nitrogens with zero attached hydrogens (tertiary/aromatic N) is 1. The predicted molar refractivity (Wildman–Crippen MR) is 95.2 cm³/mol. The van der Waals surface area contributed by atoms with Crippen molar-refractivity contribution in [2.24, 2.45) is 0 Å². The van der Waals surface area contributed by atoms with Crippen LogP contribution in [0.5, 0.6) is 0 Å². The van der Waals surface area contributed by atoms with Gasteiger partial charge in [0.2, 0.25) is 0 Å². The fourth-order valence-electron chi connectivity index (χ4n) is 2.50. The Morgan fingerprint density at radius 1 is 1.26 bits per heavy atom. The number of hydrogen-bond acceptors (Lipinski definition) is 4. The number of rotatable bonds is 7. The molecule has 1 saturated heterocycles. The Morgan fingerprint density at radius 3 is 2.30 bits per heavy atom. The molecule has 0 aromatic heterocycles. The van der Waals surface area contributed by atoms with Crippen LogP contribution in [0.4, 0.5) is 4.79 Å². The van der Waals surface area contributed by atoms with Crippen molar-refractivity contribution >= 4 is 14.4 Å². The maximum Gasteiger partial charge on any atom is 0.410 e. The molecular formula is C17H33NO4Si. The third kappa shape index (κ3) is 5.33. The number of carbonyl (C=O) groups excluding carboxylic acids is 1. The van der Waals surface area contributed by atoms with E-state index in [9.17, 15) is 4.79 Å². The van der Waals surface area contributed by atoms with Gasteiger partial charge in [-0.1, -0.05) is 33.4 Å². The van der Waals surface area contributed by atoms with Crippen LogP contribution in [0.15, 0.2) is 12.7 Å². The van der Waals surface area contributed by atoms with Gasteiger partial charge in [0.1, 0.15) is 6.61 Å². The molecule has 6 heteroatoms. The third-order valence-electron chi connectivity index (χ3n) is 4.96. The Kier molecular flexibility index (Phi) is 7.29. The summed E-state index contributed by atoms with van der Waals surface area (Å²) < 4.78 is 16.8. The summed E-state index contributed by atoms with van der Waals surface area (Å²) in [5.41, 5.74) is 0. The SMILES string of the molecule is C=CCOC(=O)N1C(COC)CCC1CO[Si](C)(C)C(C)(C)C. The third-order valence-corrected chi connectivity index (χ3v) is 9.46. The summed E-state index contributed by atoms with van der Waals surface area (Å²) >= 11 is 0. The van der Waals surface area contributed by atoms with Crippen molar-refractivity contribution in [1.82, 2.24) is 4.90 Å². The number of methoxy groups -OCH3 is 1. The first-order valence-electron chi connectivity index (χ1n) is 8.33. The van der Waals surface area contributed by atoms with E-state index < -0.39 is 8.32 Å². The Bertz CT molecular complexity index is 406. The Labute approximate surface area is 142 Å². The van der Waals surface area contributed by atoms with E-state index in [1.165, 1.54) is 0 Å². The molecule has 0 N–H and O–H groups in total. The lowest BCUT2D eigenvalue weighted by Crippen LogP contribution is -2.48. The van der Waals surface area contributed by atoms with Crippen LogP contribution in [0, 0.1) is 0 Å². The first-order valence-corrected chi connectivity index (χ1v) is 11.2. The lowest BCUT2D eigenvalue weighted by Gasteiger charge is -2.38. The number of likely N-dealkylation sites (tertiary alicyclic amines) is 1. The summed E-state index contributed by atoms with van der Waals surface area (Å²) in [4.78, 5) is 14.2. The second-order valence-electron chi connectivity index (χ2n) is 7.68. The lowest BCUT2D eigenvalue weighted by molar-refractivity contribution is 0.0549. The zero-order valence-electron chi connectivity index (χ0n) is 15.6. The van der Waals surface area contributed by atoms with Crippen LogP contribution in [0.3, 0.4) is 0 Å². The van der Waals surface area contributed by atoms with Crippen molar-refractivity contribution in [3.05, 3.63) is 12.7 Å². The van der Waals surface area contributed by atoms with E-state index in [0.29, 0.717) is 13.2 Å². The molecular weight excluding hydrogens is 310 g/mol. The molecule has 0 aliphatic carbocycles. The smallest absolute Gasteiger partial charge is 0.410 e. The van der Waals surface area contributed by atoms with Gasteiger partial charge in [-0.05, 0) is 31.0 Å². The van der Waals surface area contributed by atoms with E-state index in [-0.39, 0.29) is 29.8 Å². The molecule has 1 aliphatic heterocycles. The highest BCUT2D eigenvalue weighted by Gasteiger charge is 2.42. The maximum atomic E-state index is 12.4. The van der Waals surface area contributed by atoms with Crippen molar-refractivity contribution in [1.29, 1.82) is 0 Å². The van der Waals surface area contributed by atoms with Gasteiger partial charge in [-0.15, -0.1) is 0 Å². The molecule has 2 unspecified atom stereocenters. The molecule has 1 fully saturated rings. The number of ether oxygens (including phenoxy) is 2. The molecule has 23 heavy (non-hydrogen) atoms. The van der Waals surface area contributed by atoms with Crippen LogP contribution in [0.2, 0.25) is 18.1 Å². The van der Waals surface area contributed by atoms with Gasteiger partial charge in [-0.2, -0.15) is 0 Å². The van der Waals surface area contributed by atoms with Gasteiger partial charge in [-0.25, -0.2) is 4.79 Å². The van der Waals surface area contributed by atoms with Crippen molar-refractivity contribution in [3.8, 4) is 0 Å². The van der Waals surface area contributed by atoms with E-state index in [2.05, 4.69) is 40.4 Å². The minimum atomic E-state index is -1.83. The topological polar surface area (TPSA) is 48.0 Å². The molecule has 1 aliphatic rings. The van der Waals surface area contributed by atoms with Crippen molar-refractivity contribution in [2.45, 2.75) is 63.8 Å². The quantitative estimate of drug-likeness (QED) is 0.521. The Hall–Kier alpha value is -0.853. The first kappa shape index (κ1) is 20.2. The largest absolute Gasteiger partial charge is 0.445 e. The van der Waals surface area contributed by atoms with E-state index in [4.69, 9.17) is 13.9 Å². The predicted octanol–water partition coefficient (Wildman–Crippen LogP) is 3.81. The molecule has 5 nitrogen and oxygen atoms in total. The first-order chi connectivity index (χ1) is 10.6. The molecule has 0 aromatic carbocycles. The van der Waals surface area contributed by atoms with E-state index in [1.54, 1.807) is 18.1 Å². The minimum absolute atomic E-state index is 0.0570. The lowest BCUT2D eigenvalue weighted by atomic mass is 10.2. The van der Waals surface area contributed by atoms with Crippen LogP contribution in [-0.2, 0) is 13.9 Å². The van der Waals surface area contributed by atoms with E-state index >= 15 is 0 Å². The zero-order valence-corrected chi connectivity index (χ0v) is 16.6. The molecule has 0 saturated carbocycles. The zero-order chi connectivity index (χ0) is 17.7. The molecule has 0 radical (unpaired) electrons. The van der Waals surface area contributed by atoms with Gasteiger partial charge < -0.3 is 13.9 Å². The average molecular weight is 344 g/mol. The standard InChI is InChI=1S/C17H33NO4Si/c1-8-11-21-16(19)18-14(12-20-5)9-10-15(18)13-22-23(6,7)17(2,3)4/h8,14-15H,1,9-13H2,2-7H3. The number of carbonyl (C=O) groups is 1. The van der Waals surface area contributed by atoms with Crippen LogP contribution >= 0.6 is 0 Å². The Balaban J connectivity index is 2.75. The molecule has 0 bridgehead atoms. The highest BCUT2D eigenvalue weighted by Crippen LogP contribution is 2.37. The molecule has 1 amide bonds. The molecule has 134 valence electrons. The van der Waals surface area contributed by atoms with E-state index in [1.807, 2.05) is 0 Å². The molecule has 2 atom stereocenters. The minimum Gasteiger partial charge on any atom is -0.445 e. The van der Waals surface area contributed by atoms with Crippen LogP contribution in [0.25, 0.3) is 0 Å². The Morgan fingerprint density at radius 2 is 1.83 bits per heavy atom. The maximum absolute atomic E-state index is 12.4. The number of amides is 1. The van der Waals surface area contributed by atoms with Gasteiger partial charge in [0.05, 0.1) is 25.3 Å². The summed E-state index contributed by atoms with van der Waals surface area (Å²) in [6, 6.07) is 0.118. The monoisotopic (exact) mass is 343 g/mol. The normalized spacial score (nSPS) is 22.3. The van der Waals surface area contributed by atoms with Crippen LogP contribution < -0.4 is 0 Å². The fraction of sp³-hybridized carbons (Fsp3) is 0.824. The van der Waals surface area contributed by atoms with Gasteiger partial charge in [0.25, 0.3) is 0 Å². The van der Waals surface area contributed by atoms with Gasteiger partial charge >= 0.3 is 6.09 Å². The summed E-state index contributed by atoms with van der Waals surface area (Å²) in [7, 11) is -0.169. The van der Waals surface area contributed by atoms with Crippen molar-refractivity contribution < 1.29 is 18.7 Å². The van der Waals surface area contributed by atoms with Crippen LogP contribution in [-0.4, -0.2) is 58.3 Å². The van der Waals surface area contributed by atoms with Crippen LogP contribution in [0.1, 0.15) is 33.6 Å². The molecule has 1 rings (SSSR count). The second kappa shape index (κ2) is 8.31. The van der Waals surface area contributed by atoms with Crippen molar-refractivity contribution in [2.75, 3.05) is 26.9 Å². The second-order valence-corrected chi connectivity index (χ2v) is 12.5. The van der Waals surface area contributed by atoms with Gasteiger partial charge in [-0.3, -0.25) is 4.90 Å². The van der Waals surface area contributed by atoms with Crippen molar-refractivity contribution in [3.63, 3.8) is 0 Å². The van der Waals surface area contributed by atoms with E-state index in [0.717, 1.165) is 12.8 Å². The number of hydrogen-bond donors (Lipinski definition) is 0. The van der Waals surface area contributed by atoms with Gasteiger partial charge in [0, 0.05) is 7.11 Å². The summed E-state index contributed by atoms with van der Waals surface area (Å²) in [5.74, 6) is 0. The highest BCUT2D eigenvalue weighted by atomic mass is 28.4.